The van der Waals surface area contributed by atoms with E-state index in [1.165, 1.54) is 45.1 Å². The minimum Gasteiger partial charge on any atom is -0.298 e. The molecule has 2 fully saturated rings. The fourth-order valence-corrected chi connectivity index (χ4v) is 4.19. The lowest BCUT2D eigenvalue weighted by Crippen LogP contribution is -2.55. The van der Waals surface area contributed by atoms with Crippen molar-refractivity contribution in [3.8, 4) is 6.07 Å². The summed E-state index contributed by atoms with van der Waals surface area (Å²) in [7, 11) is 0. The van der Waals surface area contributed by atoms with Crippen molar-refractivity contribution in [3.63, 3.8) is 0 Å². The zero-order chi connectivity index (χ0) is 14.6. The maximum Gasteiger partial charge on any atom is 0.108 e. The number of hydrogen-bond acceptors (Lipinski definition) is 3. The van der Waals surface area contributed by atoms with Crippen LogP contribution in [-0.2, 0) is 0 Å². The van der Waals surface area contributed by atoms with Gasteiger partial charge in [0.25, 0.3) is 0 Å². The first-order chi connectivity index (χ1) is 9.56. The molecule has 3 heteroatoms. The molecule has 114 valence electrons. The van der Waals surface area contributed by atoms with Crippen LogP contribution in [0.3, 0.4) is 0 Å². The van der Waals surface area contributed by atoms with Crippen molar-refractivity contribution >= 4 is 0 Å². The monoisotopic (exact) mass is 277 g/mol. The van der Waals surface area contributed by atoms with Gasteiger partial charge in [0.05, 0.1) is 6.07 Å². The van der Waals surface area contributed by atoms with Crippen molar-refractivity contribution < 1.29 is 0 Å². The van der Waals surface area contributed by atoms with Gasteiger partial charge in [-0.3, -0.25) is 10.2 Å². The van der Waals surface area contributed by atoms with Gasteiger partial charge in [0.2, 0.25) is 0 Å². The zero-order valence-electron chi connectivity index (χ0n) is 13.5. The van der Waals surface area contributed by atoms with Crippen LogP contribution >= 0.6 is 0 Å². The molecule has 3 atom stereocenters. The molecule has 1 N–H and O–H groups in total. The van der Waals surface area contributed by atoms with E-state index in [-0.39, 0.29) is 5.54 Å². The predicted molar refractivity (Wildman–Crippen MR) is 83.5 cm³/mol. The maximum absolute atomic E-state index is 9.70. The first-order valence-corrected chi connectivity index (χ1v) is 8.51. The minimum atomic E-state index is -0.289. The fourth-order valence-electron chi connectivity index (χ4n) is 4.19. The highest BCUT2D eigenvalue weighted by Crippen LogP contribution is 2.33. The van der Waals surface area contributed by atoms with Crippen LogP contribution in [-0.4, -0.2) is 35.1 Å². The summed E-state index contributed by atoms with van der Waals surface area (Å²) in [5.41, 5.74) is -0.289. The average molecular weight is 277 g/mol. The van der Waals surface area contributed by atoms with Gasteiger partial charge in [-0.25, -0.2) is 0 Å². The van der Waals surface area contributed by atoms with Crippen molar-refractivity contribution in [3.05, 3.63) is 0 Å². The molecular weight excluding hydrogens is 246 g/mol. The second-order valence-corrected chi connectivity index (χ2v) is 7.18. The van der Waals surface area contributed by atoms with E-state index in [0.717, 1.165) is 12.8 Å². The molecule has 0 spiro atoms. The van der Waals surface area contributed by atoms with Crippen molar-refractivity contribution in [2.45, 2.75) is 95.8 Å². The lowest BCUT2D eigenvalue weighted by molar-refractivity contribution is 0.0858. The van der Waals surface area contributed by atoms with Gasteiger partial charge in [-0.2, -0.15) is 5.26 Å². The number of nitriles is 1. The van der Waals surface area contributed by atoms with Gasteiger partial charge in [0, 0.05) is 18.1 Å². The van der Waals surface area contributed by atoms with Crippen molar-refractivity contribution in [1.29, 1.82) is 5.26 Å². The van der Waals surface area contributed by atoms with Crippen molar-refractivity contribution in [2.24, 2.45) is 0 Å². The molecule has 0 bridgehead atoms. The Balaban J connectivity index is 2.06. The summed E-state index contributed by atoms with van der Waals surface area (Å²) in [6.07, 6.45) is 9.88. The number of rotatable bonds is 3. The lowest BCUT2D eigenvalue weighted by Gasteiger charge is -2.44. The Morgan fingerprint density at radius 2 is 2.00 bits per heavy atom. The quantitative estimate of drug-likeness (QED) is 0.858. The summed E-state index contributed by atoms with van der Waals surface area (Å²) in [6, 6.07) is 4.29. The highest BCUT2D eigenvalue weighted by atomic mass is 15.2. The second kappa shape index (κ2) is 6.91. The molecule has 0 aromatic heterocycles. The molecule has 1 aliphatic carbocycles. The van der Waals surface area contributed by atoms with Crippen LogP contribution in [0.25, 0.3) is 0 Å². The lowest BCUT2D eigenvalue weighted by atomic mass is 9.78. The highest BCUT2D eigenvalue weighted by molar-refractivity contribution is 5.12. The third kappa shape index (κ3) is 3.74. The largest absolute Gasteiger partial charge is 0.298 e. The number of nitrogens with one attached hydrogen (secondary N) is 1. The maximum atomic E-state index is 9.70. The van der Waals surface area contributed by atoms with Gasteiger partial charge < -0.3 is 0 Å². The molecule has 2 aliphatic rings. The minimum absolute atomic E-state index is 0.289. The topological polar surface area (TPSA) is 39.1 Å². The molecule has 0 aromatic rings. The standard InChI is InChI=1S/C17H31N3/c1-14(2)19-17(13-18)10-7-9-16(12-17)20-11-6-4-5-8-15(20)3/h14-16,19H,4-12H2,1-3H3. The van der Waals surface area contributed by atoms with E-state index in [9.17, 15) is 5.26 Å². The Morgan fingerprint density at radius 1 is 1.20 bits per heavy atom. The molecule has 3 unspecified atom stereocenters. The summed E-state index contributed by atoms with van der Waals surface area (Å²) >= 11 is 0. The molecule has 0 aromatic carbocycles. The summed E-state index contributed by atoms with van der Waals surface area (Å²) in [4.78, 5) is 2.71. The second-order valence-electron chi connectivity index (χ2n) is 7.18. The van der Waals surface area contributed by atoms with Crippen molar-refractivity contribution in [2.75, 3.05) is 6.54 Å². The van der Waals surface area contributed by atoms with E-state index >= 15 is 0 Å². The van der Waals surface area contributed by atoms with E-state index in [1.54, 1.807) is 0 Å². The summed E-state index contributed by atoms with van der Waals surface area (Å²) in [5, 5.41) is 13.3. The number of nitrogens with zero attached hydrogens (tertiary/aromatic N) is 2. The van der Waals surface area contributed by atoms with Gasteiger partial charge in [0.1, 0.15) is 5.54 Å². The molecule has 1 saturated heterocycles. The first-order valence-electron chi connectivity index (χ1n) is 8.51. The smallest absolute Gasteiger partial charge is 0.108 e. The zero-order valence-corrected chi connectivity index (χ0v) is 13.5. The van der Waals surface area contributed by atoms with Crippen molar-refractivity contribution in [1.82, 2.24) is 10.2 Å². The molecule has 1 saturated carbocycles. The van der Waals surface area contributed by atoms with E-state index in [4.69, 9.17) is 0 Å². The first kappa shape index (κ1) is 15.8. The van der Waals surface area contributed by atoms with Gasteiger partial charge in [-0.1, -0.05) is 12.8 Å². The van der Waals surface area contributed by atoms with Crippen LogP contribution in [0.2, 0.25) is 0 Å². The Kier molecular flexibility index (Phi) is 5.46. The molecule has 1 aliphatic heterocycles. The molecule has 1 heterocycles. The summed E-state index contributed by atoms with van der Waals surface area (Å²) in [6.45, 7) is 7.91. The normalized spacial score (nSPS) is 36.5. The van der Waals surface area contributed by atoms with Gasteiger partial charge in [-0.15, -0.1) is 0 Å². The SMILES string of the molecule is CC(C)NC1(C#N)CCCC(N2CCCCCC2C)C1. The van der Waals surface area contributed by atoms with Gasteiger partial charge in [-0.05, 0) is 65.8 Å². The van der Waals surface area contributed by atoms with E-state index < -0.39 is 0 Å². The fraction of sp³-hybridized carbons (Fsp3) is 0.941. The molecule has 3 nitrogen and oxygen atoms in total. The van der Waals surface area contributed by atoms with Gasteiger partial charge >= 0.3 is 0 Å². The number of hydrogen-bond donors (Lipinski definition) is 1. The number of likely N-dealkylation sites (tertiary alicyclic amines) is 1. The van der Waals surface area contributed by atoms with Crippen LogP contribution < -0.4 is 5.32 Å². The molecule has 20 heavy (non-hydrogen) atoms. The van der Waals surface area contributed by atoms with Gasteiger partial charge in [0.15, 0.2) is 0 Å². The highest BCUT2D eigenvalue weighted by Gasteiger charge is 2.39. The molecule has 2 rings (SSSR count). The summed E-state index contributed by atoms with van der Waals surface area (Å²) < 4.78 is 0. The Bertz CT molecular complexity index is 347. The van der Waals surface area contributed by atoms with Crippen LogP contribution in [0.5, 0.6) is 0 Å². The van der Waals surface area contributed by atoms with E-state index in [2.05, 4.69) is 37.1 Å². The molecular formula is C17H31N3. The van der Waals surface area contributed by atoms with E-state index in [0.29, 0.717) is 18.1 Å². The predicted octanol–water partition coefficient (Wildman–Crippen LogP) is 3.45. The Morgan fingerprint density at radius 3 is 2.70 bits per heavy atom. The average Bonchev–Trinajstić information content (AvgIpc) is 2.63. The molecule has 0 radical (unpaired) electrons. The third-order valence-electron chi connectivity index (χ3n) is 5.08. The Hall–Kier alpha value is -0.590. The van der Waals surface area contributed by atoms with Crippen LogP contribution in [0.15, 0.2) is 0 Å². The summed E-state index contributed by atoms with van der Waals surface area (Å²) in [5.74, 6) is 0. The van der Waals surface area contributed by atoms with Crippen LogP contribution in [0.4, 0.5) is 0 Å². The van der Waals surface area contributed by atoms with Crippen LogP contribution in [0, 0.1) is 11.3 Å². The van der Waals surface area contributed by atoms with E-state index in [1.807, 2.05) is 0 Å². The van der Waals surface area contributed by atoms with Crippen LogP contribution in [0.1, 0.15) is 72.1 Å². The third-order valence-corrected chi connectivity index (χ3v) is 5.08. The molecule has 0 amide bonds. The Labute approximate surface area is 124 Å².